The lowest BCUT2D eigenvalue weighted by Gasteiger charge is -2.41. The van der Waals surface area contributed by atoms with Crippen molar-refractivity contribution in [2.75, 3.05) is 13.7 Å². The molecule has 1 atom stereocenters. The highest BCUT2D eigenvalue weighted by Crippen LogP contribution is 2.35. The van der Waals surface area contributed by atoms with Crippen LogP contribution < -0.4 is 5.32 Å². The van der Waals surface area contributed by atoms with Gasteiger partial charge in [0.15, 0.2) is 0 Å². The maximum Gasteiger partial charge on any atom is 0.0897 e. The molecule has 3 nitrogen and oxygen atoms in total. The maximum atomic E-state index is 5.59. The van der Waals surface area contributed by atoms with Crippen molar-refractivity contribution in [3.05, 3.63) is 16.1 Å². The number of thiazole rings is 1. The van der Waals surface area contributed by atoms with Gasteiger partial charge in [-0.1, -0.05) is 0 Å². The van der Waals surface area contributed by atoms with Gasteiger partial charge in [0, 0.05) is 30.8 Å². The van der Waals surface area contributed by atoms with Gasteiger partial charge in [-0.2, -0.15) is 0 Å². The Hall–Kier alpha value is -0.450. The van der Waals surface area contributed by atoms with E-state index in [1.54, 1.807) is 11.3 Å². The van der Waals surface area contributed by atoms with E-state index < -0.39 is 0 Å². The standard InChI is InChI=1S/C12H20N2OS/c1-9(11-7-13-10(2)16-11)14-8-12(15-3)5-4-6-12/h7,9,14H,4-6,8H2,1-3H3. The zero-order valence-corrected chi connectivity index (χ0v) is 11.1. The molecular formula is C12H20N2OS. The van der Waals surface area contributed by atoms with E-state index in [2.05, 4.69) is 17.2 Å². The Labute approximate surface area is 101 Å². The van der Waals surface area contributed by atoms with Gasteiger partial charge < -0.3 is 10.1 Å². The highest BCUT2D eigenvalue weighted by molar-refractivity contribution is 7.11. The number of hydrogen-bond acceptors (Lipinski definition) is 4. The van der Waals surface area contributed by atoms with Gasteiger partial charge >= 0.3 is 0 Å². The molecule has 0 amide bonds. The van der Waals surface area contributed by atoms with Gasteiger partial charge in [-0.15, -0.1) is 11.3 Å². The summed E-state index contributed by atoms with van der Waals surface area (Å²) in [6.07, 6.45) is 5.64. The molecule has 1 N–H and O–H groups in total. The van der Waals surface area contributed by atoms with Gasteiger partial charge in [0.2, 0.25) is 0 Å². The van der Waals surface area contributed by atoms with Crippen LogP contribution in [0.5, 0.6) is 0 Å². The van der Waals surface area contributed by atoms with E-state index in [1.807, 2.05) is 20.2 Å². The largest absolute Gasteiger partial charge is 0.377 e. The number of aromatic nitrogens is 1. The number of nitrogens with one attached hydrogen (secondary N) is 1. The van der Waals surface area contributed by atoms with Gasteiger partial charge in [0.05, 0.1) is 10.6 Å². The molecule has 0 aromatic carbocycles. The van der Waals surface area contributed by atoms with Gasteiger partial charge in [-0.05, 0) is 33.1 Å². The summed E-state index contributed by atoms with van der Waals surface area (Å²) in [5, 5.41) is 4.68. The Kier molecular flexibility index (Phi) is 3.62. The number of ether oxygens (including phenoxy) is 1. The summed E-state index contributed by atoms with van der Waals surface area (Å²) in [6.45, 7) is 5.18. The second-order valence-electron chi connectivity index (χ2n) is 4.62. The predicted molar refractivity (Wildman–Crippen MR) is 66.9 cm³/mol. The van der Waals surface area contributed by atoms with E-state index in [4.69, 9.17) is 4.74 Å². The lowest BCUT2D eigenvalue weighted by atomic mass is 9.80. The molecule has 16 heavy (non-hydrogen) atoms. The van der Waals surface area contributed by atoms with Crippen LogP contribution in [0.15, 0.2) is 6.20 Å². The van der Waals surface area contributed by atoms with Crippen LogP contribution in [0.2, 0.25) is 0 Å². The normalized spacial score (nSPS) is 20.4. The van der Waals surface area contributed by atoms with Crippen LogP contribution in [0.25, 0.3) is 0 Å². The van der Waals surface area contributed by atoms with Crippen molar-refractivity contribution >= 4 is 11.3 Å². The van der Waals surface area contributed by atoms with E-state index in [-0.39, 0.29) is 5.60 Å². The Morgan fingerprint density at radius 3 is 2.81 bits per heavy atom. The maximum absolute atomic E-state index is 5.59. The average molecular weight is 240 g/mol. The lowest BCUT2D eigenvalue weighted by molar-refractivity contribution is -0.0706. The number of nitrogens with zero attached hydrogens (tertiary/aromatic N) is 1. The average Bonchev–Trinajstić information content (AvgIpc) is 2.64. The van der Waals surface area contributed by atoms with Crippen molar-refractivity contribution in [3.63, 3.8) is 0 Å². The molecule has 1 heterocycles. The van der Waals surface area contributed by atoms with Gasteiger partial charge in [0.1, 0.15) is 0 Å². The fourth-order valence-corrected chi connectivity index (χ4v) is 2.85. The first kappa shape index (κ1) is 12.0. The van der Waals surface area contributed by atoms with E-state index in [0.29, 0.717) is 6.04 Å². The quantitative estimate of drug-likeness (QED) is 0.859. The summed E-state index contributed by atoms with van der Waals surface area (Å²) < 4.78 is 5.59. The minimum Gasteiger partial charge on any atom is -0.377 e. The fraction of sp³-hybridized carbons (Fsp3) is 0.750. The van der Waals surface area contributed by atoms with Crippen molar-refractivity contribution in [1.82, 2.24) is 10.3 Å². The summed E-state index contributed by atoms with van der Waals surface area (Å²) in [5.74, 6) is 0. The zero-order chi connectivity index (χ0) is 11.6. The molecule has 2 rings (SSSR count). The Balaban J connectivity index is 1.86. The monoisotopic (exact) mass is 240 g/mol. The molecule has 0 radical (unpaired) electrons. The van der Waals surface area contributed by atoms with Crippen LogP contribution in [0.3, 0.4) is 0 Å². The number of rotatable bonds is 5. The molecule has 1 aromatic heterocycles. The van der Waals surface area contributed by atoms with E-state index in [9.17, 15) is 0 Å². The minimum atomic E-state index is 0.105. The van der Waals surface area contributed by atoms with Gasteiger partial charge in [0.25, 0.3) is 0 Å². The molecule has 1 aliphatic rings. The summed E-state index contributed by atoms with van der Waals surface area (Å²) in [6, 6.07) is 0.374. The summed E-state index contributed by atoms with van der Waals surface area (Å²) in [7, 11) is 1.82. The molecule has 1 aliphatic carbocycles. The summed E-state index contributed by atoms with van der Waals surface area (Å²) in [5.41, 5.74) is 0.105. The molecule has 0 aliphatic heterocycles. The van der Waals surface area contributed by atoms with Crippen LogP contribution in [0.1, 0.15) is 42.1 Å². The topological polar surface area (TPSA) is 34.1 Å². The van der Waals surface area contributed by atoms with Gasteiger partial charge in [-0.3, -0.25) is 0 Å². The molecule has 0 bridgehead atoms. The Bertz CT molecular complexity index is 341. The van der Waals surface area contributed by atoms with E-state index >= 15 is 0 Å². The van der Waals surface area contributed by atoms with Crippen molar-refractivity contribution in [2.45, 2.75) is 44.8 Å². The number of methoxy groups -OCH3 is 1. The number of aryl methyl sites for hydroxylation is 1. The molecule has 0 spiro atoms. The molecule has 90 valence electrons. The van der Waals surface area contributed by atoms with E-state index in [1.165, 1.54) is 24.1 Å². The van der Waals surface area contributed by atoms with E-state index in [0.717, 1.165) is 11.6 Å². The second kappa shape index (κ2) is 4.82. The van der Waals surface area contributed by atoms with Gasteiger partial charge in [-0.25, -0.2) is 4.98 Å². The molecular weight excluding hydrogens is 220 g/mol. The molecule has 0 saturated heterocycles. The molecule has 4 heteroatoms. The molecule has 1 saturated carbocycles. The third kappa shape index (κ3) is 2.44. The third-order valence-corrected chi connectivity index (χ3v) is 4.59. The zero-order valence-electron chi connectivity index (χ0n) is 10.2. The van der Waals surface area contributed by atoms with Crippen molar-refractivity contribution < 1.29 is 4.74 Å². The predicted octanol–water partition coefficient (Wildman–Crippen LogP) is 2.67. The lowest BCUT2D eigenvalue weighted by Crippen LogP contribution is -2.48. The van der Waals surface area contributed by atoms with Crippen LogP contribution in [-0.2, 0) is 4.74 Å². The first-order valence-electron chi connectivity index (χ1n) is 5.86. The molecule has 1 aromatic rings. The number of hydrogen-bond donors (Lipinski definition) is 1. The van der Waals surface area contributed by atoms with Crippen LogP contribution in [-0.4, -0.2) is 24.2 Å². The first-order valence-corrected chi connectivity index (χ1v) is 6.68. The highest BCUT2D eigenvalue weighted by Gasteiger charge is 2.36. The fourth-order valence-electron chi connectivity index (χ4n) is 2.04. The first-order chi connectivity index (χ1) is 7.65. The Morgan fingerprint density at radius 2 is 2.38 bits per heavy atom. The third-order valence-electron chi connectivity index (χ3n) is 3.49. The second-order valence-corrected chi connectivity index (χ2v) is 5.89. The smallest absolute Gasteiger partial charge is 0.0897 e. The van der Waals surface area contributed by atoms with Crippen molar-refractivity contribution in [2.24, 2.45) is 0 Å². The molecule has 1 fully saturated rings. The Morgan fingerprint density at radius 1 is 1.62 bits per heavy atom. The molecule has 1 unspecified atom stereocenters. The minimum absolute atomic E-state index is 0.105. The van der Waals surface area contributed by atoms with Crippen LogP contribution in [0, 0.1) is 6.92 Å². The van der Waals surface area contributed by atoms with Crippen molar-refractivity contribution in [3.8, 4) is 0 Å². The SMILES string of the molecule is COC1(CNC(C)c2cnc(C)s2)CCC1. The van der Waals surface area contributed by atoms with Crippen molar-refractivity contribution in [1.29, 1.82) is 0 Å². The summed E-state index contributed by atoms with van der Waals surface area (Å²) >= 11 is 1.77. The van der Waals surface area contributed by atoms with Crippen LogP contribution in [0.4, 0.5) is 0 Å². The van der Waals surface area contributed by atoms with Crippen LogP contribution >= 0.6 is 11.3 Å². The summed E-state index contributed by atoms with van der Waals surface area (Å²) in [4.78, 5) is 5.59. The highest BCUT2D eigenvalue weighted by atomic mass is 32.1.